The van der Waals surface area contributed by atoms with Crippen molar-refractivity contribution in [1.29, 1.82) is 0 Å². The number of aromatic nitrogens is 4. The number of carbonyl (C=O) groups excluding carboxylic acids is 1. The molecule has 0 fully saturated rings. The lowest BCUT2D eigenvalue weighted by molar-refractivity contribution is 0.0964. The second kappa shape index (κ2) is 10.5. The smallest absolute Gasteiger partial charge is 0.274 e. The highest BCUT2D eigenvalue weighted by molar-refractivity contribution is 6.07. The first-order valence-corrected chi connectivity index (χ1v) is 15.7. The molecule has 44 heavy (non-hydrogen) atoms. The predicted octanol–water partition coefficient (Wildman–Crippen LogP) is 5.12. The van der Waals surface area contributed by atoms with Crippen molar-refractivity contribution in [2.45, 2.75) is 66.6 Å². The van der Waals surface area contributed by atoms with E-state index in [-0.39, 0.29) is 16.9 Å². The first-order valence-electron chi connectivity index (χ1n) is 15.7. The lowest BCUT2D eigenvalue weighted by atomic mass is 9.90. The van der Waals surface area contributed by atoms with Gasteiger partial charge in [0.1, 0.15) is 17.2 Å². The van der Waals surface area contributed by atoms with Gasteiger partial charge in [0.15, 0.2) is 5.82 Å². The summed E-state index contributed by atoms with van der Waals surface area (Å²) >= 11 is 0. The van der Waals surface area contributed by atoms with Gasteiger partial charge in [-0.1, -0.05) is 27.7 Å². The molecule has 4 aromatic rings. The fourth-order valence-electron chi connectivity index (χ4n) is 7.37. The van der Waals surface area contributed by atoms with Gasteiger partial charge >= 0.3 is 0 Å². The van der Waals surface area contributed by atoms with Gasteiger partial charge in [0, 0.05) is 56.7 Å². The van der Waals surface area contributed by atoms with Crippen LogP contribution in [0.1, 0.15) is 60.7 Å². The zero-order valence-corrected chi connectivity index (χ0v) is 26.2. The number of aryl methyl sites for hydroxylation is 1. The van der Waals surface area contributed by atoms with E-state index >= 15 is 4.39 Å². The number of carbonyl (C=O) groups is 1. The molecule has 3 aliphatic rings. The summed E-state index contributed by atoms with van der Waals surface area (Å²) in [5.41, 5.74) is 7.49. The fourth-order valence-corrected chi connectivity index (χ4v) is 7.37. The number of rotatable bonds is 6. The van der Waals surface area contributed by atoms with Crippen LogP contribution < -0.4 is 15.8 Å². The maximum atomic E-state index is 15.4. The van der Waals surface area contributed by atoms with Crippen LogP contribution in [0.15, 0.2) is 41.3 Å². The Morgan fingerprint density at radius 2 is 1.82 bits per heavy atom. The van der Waals surface area contributed by atoms with Crippen molar-refractivity contribution in [1.82, 2.24) is 23.8 Å². The molecule has 10 heteroatoms. The highest BCUT2D eigenvalue weighted by atomic mass is 19.1. The molecule has 1 aromatic carbocycles. The molecule has 0 unspecified atom stereocenters. The number of likely N-dealkylation sites (N-methyl/N-ethyl adjacent to an activating group) is 1. The normalized spacial score (nSPS) is 17.5. The molecule has 1 N–H and O–H groups in total. The average molecular weight is 598 g/mol. The number of pyridine rings is 1. The Bertz CT molecular complexity index is 1860. The van der Waals surface area contributed by atoms with Crippen molar-refractivity contribution < 1.29 is 9.18 Å². The Hall–Kier alpha value is -4.18. The Morgan fingerprint density at radius 3 is 2.59 bits per heavy atom. The van der Waals surface area contributed by atoms with E-state index < -0.39 is 5.82 Å². The monoisotopic (exact) mass is 597 g/mol. The zero-order chi connectivity index (χ0) is 30.9. The number of fused-ring (bicyclic) bond motifs is 4. The van der Waals surface area contributed by atoms with Gasteiger partial charge in [0.05, 0.1) is 17.9 Å². The molecule has 2 aliphatic heterocycles. The molecule has 0 bridgehead atoms. The topological polar surface area (TPSA) is 80.3 Å². The highest BCUT2D eigenvalue weighted by Gasteiger charge is 2.37. The number of hydrogen-bond donors (Lipinski definition) is 1. The molecule has 0 saturated heterocycles. The quantitative estimate of drug-likeness (QED) is 0.334. The van der Waals surface area contributed by atoms with Crippen LogP contribution in [0.25, 0.3) is 11.1 Å². The maximum absolute atomic E-state index is 15.4. The number of nitrogens with zero attached hydrogens (tertiary/aromatic N) is 6. The third kappa shape index (κ3) is 4.76. The number of anilines is 3. The molecule has 0 radical (unpaired) electrons. The van der Waals surface area contributed by atoms with Crippen LogP contribution >= 0.6 is 0 Å². The van der Waals surface area contributed by atoms with Crippen molar-refractivity contribution in [3.8, 4) is 11.1 Å². The SMILES string of the molecule is CCc1c(-c2cc(Nc3cc4n(n3)CCN(CC)C4)c(=O)n(C)c2)cc(F)cc1N1CCn2c(cc3c2CC(C)(C)C3)C1=O. The number of hydrogen-bond acceptors (Lipinski definition) is 5. The maximum Gasteiger partial charge on any atom is 0.274 e. The molecule has 9 nitrogen and oxygen atoms in total. The third-order valence-corrected chi connectivity index (χ3v) is 9.54. The van der Waals surface area contributed by atoms with Crippen LogP contribution in [-0.2, 0) is 45.9 Å². The van der Waals surface area contributed by atoms with Crippen LogP contribution in [0, 0.1) is 11.2 Å². The van der Waals surface area contributed by atoms with Gasteiger partial charge in [0.25, 0.3) is 11.5 Å². The molecule has 7 rings (SSSR count). The number of halogens is 1. The van der Waals surface area contributed by atoms with Gasteiger partial charge in [-0.3, -0.25) is 19.2 Å². The Morgan fingerprint density at radius 1 is 1.00 bits per heavy atom. The molecule has 5 heterocycles. The van der Waals surface area contributed by atoms with E-state index in [1.165, 1.54) is 28.0 Å². The molecule has 0 spiro atoms. The first-order chi connectivity index (χ1) is 21.0. The number of benzene rings is 1. The Balaban J connectivity index is 1.24. The third-order valence-electron chi connectivity index (χ3n) is 9.54. The minimum absolute atomic E-state index is 0.0945. The van der Waals surface area contributed by atoms with Crippen molar-refractivity contribution in [3.05, 3.63) is 80.9 Å². The summed E-state index contributed by atoms with van der Waals surface area (Å²) in [7, 11) is 1.70. The van der Waals surface area contributed by atoms with Crippen molar-refractivity contribution in [2.24, 2.45) is 12.5 Å². The standard InChI is InChI=1S/C34H40FN7O2/c1-6-25-26(22-12-27(32(43)38(5)19-22)36-31-16-24-20-39(7-2)8-11-42(24)37-31)14-23(35)15-28(25)41-10-9-40-29(33(41)44)13-21-17-34(3,4)18-30(21)40/h12-16,19H,6-11,17-18,20H2,1-5H3,(H,36,37). The van der Waals surface area contributed by atoms with Crippen LogP contribution in [0.3, 0.4) is 0 Å². The molecular weight excluding hydrogens is 557 g/mol. The van der Waals surface area contributed by atoms with Crippen LogP contribution in [0.5, 0.6) is 0 Å². The van der Waals surface area contributed by atoms with E-state index in [0.29, 0.717) is 53.5 Å². The van der Waals surface area contributed by atoms with Gasteiger partial charge in [-0.15, -0.1) is 0 Å². The molecule has 230 valence electrons. The van der Waals surface area contributed by atoms with Crippen LogP contribution in [-0.4, -0.2) is 49.4 Å². The zero-order valence-electron chi connectivity index (χ0n) is 26.2. The van der Waals surface area contributed by atoms with E-state index in [9.17, 15) is 9.59 Å². The molecule has 1 aliphatic carbocycles. The summed E-state index contributed by atoms with van der Waals surface area (Å²) in [6.45, 7) is 13.4. The average Bonchev–Trinajstić information content (AvgIpc) is 3.64. The summed E-state index contributed by atoms with van der Waals surface area (Å²) in [5.74, 6) is 0.0961. The first kappa shape index (κ1) is 28.6. The summed E-state index contributed by atoms with van der Waals surface area (Å²) in [6.07, 6.45) is 4.25. The van der Waals surface area contributed by atoms with E-state index in [2.05, 4.69) is 40.7 Å². The van der Waals surface area contributed by atoms with Gasteiger partial charge in [-0.05, 0) is 72.2 Å². The number of amides is 1. The van der Waals surface area contributed by atoms with Crippen LogP contribution in [0.2, 0.25) is 0 Å². The van der Waals surface area contributed by atoms with Gasteiger partial charge in [0.2, 0.25) is 0 Å². The lowest BCUT2D eigenvalue weighted by Gasteiger charge is -2.32. The van der Waals surface area contributed by atoms with Gasteiger partial charge in [-0.2, -0.15) is 5.10 Å². The van der Waals surface area contributed by atoms with Crippen molar-refractivity contribution in [2.75, 3.05) is 29.9 Å². The highest BCUT2D eigenvalue weighted by Crippen LogP contribution is 2.41. The molecule has 0 atom stereocenters. The molecule has 0 saturated carbocycles. The van der Waals surface area contributed by atoms with E-state index in [1.54, 1.807) is 24.2 Å². The largest absolute Gasteiger partial charge is 0.339 e. The van der Waals surface area contributed by atoms with Crippen molar-refractivity contribution in [3.63, 3.8) is 0 Å². The van der Waals surface area contributed by atoms with Gasteiger partial charge < -0.3 is 19.4 Å². The Kier molecular flexibility index (Phi) is 6.80. The summed E-state index contributed by atoms with van der Waals surface area (Å²) < 4.78 is 21.1. The molecule has 1 amide bonds. The second-order valence-corrected chi connectivity index (χ2v) is 13.2. The second-order valence-electron chi connectivity index (χ2n) is 13.2. The summed E-state index contributed by atoms with van der Waals surface area (Å²) in [5, 5.41) is 7.93. The Labute approximate surface area is 256 Å². The van der Waals surface area contributed by atoms with E-state index in [1.807, 2.05) is 23.7 Å². The van der Waals surface area contributed by atoms with Crippen molar-refractivity contribution >= 4 is 23.1 Å². The predicted molar refractivity (Wildman–Crippen MR) is 170 cm³/mol. The molecule has 3 aromatic heterocycles. The van der Waals surface area contributed by atoms with E-state index in [0.717, 1.165) is 50.3 Å². The van der Waals surface area contributed by atoms with Crippen LogP contribution in [0.4, 0.5) is 21.6 Å². The summed E-state index contributed by atoms with van der Waals surface area (Å²) in [6, 6.07) is 8.79. The minimum atomic E-state index is -0.421. The lowest BCUT2D eigenvalue weighted by Crippen LogP contribution is -2.41. The summed E-state index contributed by atoms with van der Waals surface area (Å²) in [4.78, 5) is 31.2. The fraction of sp³-hybridized carbons (Fsp3) is 0.441. The minimum Gasteiger partial charge on any atom is -0.339 e. The van der Waals surface area contributed by atoms with E-state index in [4.69, 9.17) is 0 Å². The number of nitrogens with one attached hydrogen (secondary N) is 1. The molecular formula is C34H40FN7O2. The van der Waals surface area contributed by atoms with Gasteiger partial charge in [-0.25, -0.2) is 4.39 Å².